The summed E-state index contributed by atoms with van der Waals surface area (Å²) in [7, 11) is -3.52. The monoisotopic (exact) mass is 422 g/mol. The fourth-order valence-corrected chi connectivity index (χ4v) is 4.54. The molecule has 0 saturated heterocycles. The zero-order chi connectivity index (χ0) is 21.6. The second-order valence-electron chi connectivity index (χ2n) is 7.99. The number of nitrogens with one attached hydrogen (secondary N) is 3. The Bertz CT molecular complexity index is 1100. The lowest BCUT2D eigenvalue weighted by Gasteiger charge is -2.19. The lowest BCUT2D eigenvalue weighted by Crippen LogP contribution is -2.44. The molecule has 3 rings (SSSR count). The van der Waals surface area contributed by atoms with Gasteiger partial charge in [0.1, 0.15) is 5.60 Å². The number of ether oxygens (including phenoxy) is 1. The molecule has 0 fully saturated rings. The fraction of sp³-hybridized carbons (Fsp3) is 0.474. The summed E-state index contributed by atoms with van der Waals surface area (Å²) >= 11 is 0. The second kappa shape index (κ2) is 7.25. The molecule has 1 aliphatic rings. The van der Waals surface area contributed by atoms with Crippen molar-refractivity contribution in [1.82, 2.24) is 15.4 Å². The van der Waals surface area contributed by atoms with Crippen LogP contribution >= 0.6 is 0 Å². The Morgan fingerprint density at radius 3 is 2.55 bits per heavy atom. The molecule has 0 spiro atoms. The van der Waals surface area contributed by atoms with Gasteiger partial charge in [-0.2, -0.15) is 0 Å². The van der Waals surface area contributed by atoms with Gasteiger partial charge in [-0.15, -0.1) is 0 Å². The van der Waals surface area contributed by atoms with E-state index in [2.05, 4.69) is 15.6 Å². The van der Waals surface area contributed by atoms with Crippen LogP contribution in [0.4, 0.5) is 10.5 Å². The quantitative estimate of drug-likeness (QED) is 0.643. The molecular weight excluding hydrogens is 396 g/mol. The molecule has 0 aliphatic carbocycles. The molecular formula is C19H26N4O5S. The number of carbonyl (C=O) groups excluding carboxylic acids is 2. The van der Waals surface area contributed by atoms with E-state index in [-0.39, 0.29) is 11.3 Å². The predicted octanol–water partition coefficient (Wildman–Crippen LogP) is 2.44. The predicted molar refractivity (Wildman–Crippen MR) is 110 cm³/mol. The third-order valence-corrected chi connectivity index (χ3v) is 5.94. The molecule has 2 aromatic rings. The zero-order valence-electron chi connectivity index (χ0n) is 17.2. The number of amides is 2. The number of aromatic nitrogens is 1. The normalized spacial score (nSPS) is 15.3. The molecule has 0 bridgehead atoms. The summed E-state index contributed by atoms with van der Waals surface area (Å²) in [6, 6.07) is 3.19. The lowest BCUT2D eigenvalue weighted by atomic mass is 10.0. The largest absolute Gasteiger partial charge is 0.443 e. The maximum atomic E-state index is 12.6. The molecule has 10 heteroatoms. The Kier molecular flexibility index (Phi) is 5.24. The Labute approximate surface area is 169 Å². The number of sulfonamides is 1. The Morgan fingerprint density at radius 2 is 1.93 bits per heavy atom. The van der Waals surface area contributed by atoms with Gasteiger partial charge in [-0.3, -0.25) is 14.9 Å². The van der Waals surface area contributed by atoms with Crippen LogP contribution in [0.25, 0.3) is 10.9 Å². The fourth-order valence-electron chi connectivity index (χ4n) is 3.53. The summed E-state index contributed by atoms with van der Waals surface area (Å²) in [5.41, 5.74) is 7.17. The summed E-state index contributed by atoms with van der Waals surface area (Å²) in [4.78, 5) is 24.4. The van der Waals surface area contributed by atoms with Gasteiger partial charge in [0.25, 0.3) is 5.91 Å². The van der Waals surface area contributed by atoms with Crippen molar-refractivity contribution in [3.63, 3.8) is 0 Å². The number of aryl methyl sites for hydroxylation is 2. The van der Waals surface area contributed by atoms with Crippen molar-refractivity contribution in [3.8, 4) is 0 Å². The topological polar surface area (TPSA) is 119 Å². The van der Waals surface area contributed by atoms with E-state index in [1.807, 2.05) is 18.4 Å². The van der Waals surface area contributed by atoms with Crippen LogP contribution in [0, 0.1) is 6.92 Å². The standard InChI is InChI=1S/C19H26N4O5S/c1-6-13-11(2)23-7-8-29(26,27)22-15-10-12(9-14(13)16(15)23)17(24)20-21-18(25)28-19(3,4)5/h9-10,22H,6-8H2,1-5H3,(H,20,24)(H,21,25). The SMILES string of the molecule is CCc1c(C)n2c3c(cc(C(=O)NNC(=O)OC(C)(C)C)cc13)NS(=O)(=O)CC2. The molecule has 0 atom stereocenters. The summed E-state index contributed by atoms with van der Waals surface area (Å²) in [5, 5.41) is 0.814. The number of nitrogens with zero attached hydrogens (tertiary/aromatic N) is 1. The number of hydrogen-bond donors (Lipinski definition) is 3. The van der Waals surface area contributed by atoms with Crippen molar-refractivity contribution in [3.05, 3.63) is 29.0 Å². The maximum Gasteiger partial charge on any atom is 0.426 e. The summed E-state index contributed by atoms with van der Waals surface area (Å²) in [6.07, 6.45) is -0.0510. The van der Waals surface area contributed by atoms with Crippen LogP contribution < -0.4 is 15.6 Å². The van der Waals surface area contributed by atoms with E-state index in [9.17, 15) is 18.0 Å². The van der Waals surface area contributed by atoms with E-state index in [4.69, 9.17) is 4.74 Å². The van der Waals surface area contributed by atoms with E-state index >= 15 is 0 Å². The Hall–Kier alpha value is -2.75. The highest BCUT2D eigenvalue weighted by Gasteiger charge is 2.25. The first-order valence-corrected chi connectivity index (χ1v) is 11.0. The van der Waals surface area contributed by atoms with E-state index in [1.165, 1.54) is 6.07 Å². The lowest BCUT2D eigenvalue weighted by molar-refractivity contribution is 0.0483. The third-order valence-electron chi connectivity index (χ3n) is 4.69. The second-order valence-corrected chi connectivity index (χ2v) is 9.83. The van der Waals surface area contributed by atoms with Gasteiger partial charge < -0.3 is 9.30 Å². The van der Waals surface area contributed by atoms with E-state index < -0.39 is 27.6 Å². The highest BCUT2D eigenvalue weighted by Crippen LogP contribution is 2.35. The molecule has 0 unspecified atom stereocenters. The zero-order valence-corrected chi connectivity index (χ0v) is 18.0. The molecule has 2 heterocycles. The number of carbonyl (C=O) groups is 2. The summed E-state index contributed by atoms with van der Waals surface area (Å²) < 4.78 is 34.2. The van der Waals surface area contributed by atoms with Gasteiger partial charge in [-0.25, -0.2) is 18.6 Å². The first-order valence-electron chi connectivity index (χ1n) is 9.37. The van der Waals surface area contributed by atoms with Gasteiger partial charge in [0, 0.05) is 23.2 Å². The third kappa shape index (κ3) is 4.31. The van der Waals surface area contributed by atoms with Crippen LogP contribution in [0.5, 0.6) is 0 Å². The minimum Gasteiger partial charge on any atom is -0.443 e. The number of anilines is 1. The Morgan fingerprint density at radius 1 is 1.24 bits per heavy atom. The van der Waals surface area contributed by atoms with Gasteiger partial charge in [0.2, 0.25) is 10.0 Å². The molecule has 2 amide bonds. The van der Waals surface area contributed by atoms with Gasteiger partial charge in [0.05, 0.1) is 17.0 Å². The van der Waals surface area contributed by atoms with Crippen molar-refractivity contribution in [1.29, 1.82) is 0 Å². The first kappa shape index (κ1) is 21.0. The van der Waals surface area contributed by atoms with E-state index in [0.717, 1.165) is 28.6 Å². The summed E-state index contributed by atoms with van der Waals surface area (Å²) in [6.45, 7) is 9.43. The molecule has 0 saturated carbocycles. The van der Waals surface area contributed by atoms with Gasteiger partial charge in [-0.05, 0) is 51.8 Å². The molecule has 9 nitrogen and oxygen atoms in total. The van der Waals surface area contributed by atoms with Gasteiger partial charge in [-0.1, -0.05) is 6.92 Å². The Balaban J connectivity index is 1.98. The molecule has 158 valence electrons. The molecule has 1 aliphatic heterocycles. The molecule has 0 radical (unpaired) electrons. The minimum absolute atomic E-state index is 0.0445. The minimum atomic E-state index is -3.52. The number of hydrazine groups is 1. The van der Waals surface area contributed by atoms with Crippen LogP contribution in [0.15, 0.2) is 12.1 Å². The first-order chi connectivity index (χ1) is 13.4. The maximum absolute atomic E-state index is 12.6. The highest BCUT2D eigenvalue weighted by molar-refractivity contribution is 7.92. The average molecular weight is 423 g/mol. The number of hydrogen-bond acceptors (Lipinski definition) is 5. The van der Waals surface area contributed by atoms with Crippen molar-refractivity contribution >= 4 is 38.6 Å². The van der Waals surface area contributed by atoms with Gasteiger partial charge >= 0.3 is 6.09 Å². The summed E-state index contributed by atoms with van der Waals surface area (Å²) in [5.74, 6) is -0.623. The van der Waals surface area contributed by atoms with E-state index in [0.29, 0.717) is 12.2 Å². The van der Waals surface area contributed by atoms with Crippen molar-refractivity contribution in [2.45, 2.75) is 53.2 Å². The number of rotatable bonds is 2. The van der Waals surface area contributed by atoms with Gasteiger partial charge in [0.15, 0.2) is 0 Å². The van der Waals surface area contributed by atoms with Crippen LogP contribution in [-0.4, -0.2) is 36.3 Å². The van der Waals surface area contributed by atoms with Crippen LogP contribution in [0.1, 0.15) is 49.3 Å². The van der Waals surface area contributed by atoms with E-state index in [1.54, 1.807) is 26.8 Å². The molecule has 3 N–H and O–H groups in total. The van der Waals surface area contributed by atoms with Crippen LogP contribution in [0.2, 0.25) is 0 Å². The van der Waals surface area contributed by atoms with Crippen molar-refractivity contribution in [2.24, 2.45) is 0 Å². The number of benzene rings is 1. The van der Waals surface area contributed by atoms with Crippen LogP contribution in [-0.2, 0) is 27.7 Å². The molecule has 1 aromatic carbocycles. The van der Waals surface area contributed by atoms with Crippen molar-refractivity contribution in [2.75, 3.05) is 10.5 Å². The molecule has 29 heavy (non-hydrogen) atoms. The van der Waals surface area contributed by atoms with Crippen molar-refractivity contribution < 1.29 is 22.7 Å². The highest BCUT2D eigenvalue weighted by atomic mass is 32.2. The van der Waals surface area contributed by atoms with Crippen LogP contribution in [0.3, 0.4) is 0 Å². The molecule has 1 aromatic heterocycles. The average Bonchev–Trinajstić information content (AvgIpc) is 2.77. The smallest absolute Gasteiger partial charge is 0.426 e.